The van der Waals surface area contributed by atoms with Crippen molar-refractivity contribution in [3.05, 3.63) is 66.2 Å². The maximum atomic E-state index is 12.3. The van der Waals surface area contributed by atoms with Gasteiger partial charge in [-0.05, 0) is 45.7 Å². The first-order valence-corrected chi connectivity index (χ1v) is 11.4. The van der Waals surface area contributed by atoms with Gasteiger partial charge >= 0.3 is 6.09 Å². The van der Waals surface area contributed by atoms with Crippen LogP contribution in [0.25, 0.3) is 11.1 Å². The van der Waals surface area contributed by atoms with Crippen molar-refractivity contribution < 1.29 is 14.3 Å². The van der Waals surface area contributed by atoms with Crippen LogP contribution in [0.3, 0.4) is 0 Å². The van der Waals surface area contributed by atoms with Gasteiger partial charge in [-0.2, -0.15) is 10.4 Å². The van der Waals surface area contributed by atoms with Crippen molar-refractivity contribution in [2.45, 2.75) is 51.9 Å². The fourth-order valence-electron chi connectivity index (χ4n) is 3.90. The first-order chi connectivity index (χ1) is 16.3. The van der Waals surface area contributed by atoms with Gasteiger partial charge in [-0.15, -0.1) is 0 Å². The third-order valence-electron chi connectivity index (χ3n) is 5.67. The molecule has 0 spiro atoms. The van der Waals surface area contributed by atoms with Gasteiger partial charge in [0.1, 0.15) is 18.0 Å². The zero-order valence-electron chi connectivity index (χ0n) is 19.8. The molecule has 0 atom stereocenters. The molecule has 0 bridgehead atoms. The summed E-state index contributed by atoms with van der Waals surface area (Å²) in [4.78, 5) is 18.4. The number of piperidine rings is 1. The smallest absolute Gasteiger partial charge is 0.410 e. The number of ether oxygens (including phenoxy) is 2. The number of nitriles is 1. The van der Waals surface area contributed by atoms with E-state index < -0.39 is 5.60 Å². The maximum Gasteiger partial charge on any atom is 0.410 e. The third-order valence-corrected chi connectivity index (χ3v) is 5.67. The van der Waals surface area contributed by atoms with Crippen LogP contribution in [0.1, 0.15) is 50.8 Å². The van der Waals surface area contributed by atoms with Crippen LogP contribution in [0.15, 0.2) is 55.1 Å². The number of nitrogens with zero attached hydrogens (tertiary/aromatic N) is 5. The Bertz CT molecular complexity index is 1180. The molecule has 8 heteroatoms. The summed E-state index contributed by atoms with van der Waals surface area (Å²) in [6.07, 6.45) is 8.66. The molecule has 0 aliphatic carbocycles. The van der Waals surface area contributed by atoms with Crippen LogP contribution in [0, 0.1) is 11.3 Å². The Morgan fingerprint density at radius 1 is 1.15 bits per heavy atom. The molecule has 1 aliphatic heterocycles. The second kappa shape index (κ2) is 9.96. The fourth-order valence-corrected chi connectivity index (χ4v) is 3.90. The van der Waals surface area contributed by atoms with E-state index in [9.17, 15) is 10.1 Å². The minimum atomic E-state index is -0.490. The van der Waals surface area contributed by atoms with Crippen molar-refractivity contribution in [1.29, 1.82) is 5.26 Å². The first kappa shape index (κ1) is 23.3. The largest absolute Gasteiger partial charge is 0.487 e. The van der Waals surface area contributed by atoms with Gasteiger partial charge in [-0.3, -0.25) is 9.67 Å². The van der Waals surface area contributed by atoms with Crippen LogP contribution in [0.5, 0.6) is 5.75 Å². The lowest BCUT2D eigenvalue weighted by molar-refractivity contribution is 0.0185. The molecule has 2 aromatic heterocycles. The van der Waals surface area contributed by atoms with Crippen molar-refractivity contribution in [3.8, 4) is 22.9 Å². The highest BCUT2D eigenvalue weighted by Crippen LogP contribution is 2.27. The molecule has 0 N–H and O–H groups in total. The Morgan fingerprint density at radius 3 is 2.65 bits per heavy atom. The summed E-state index contributed by atoms with van der Waals surface area (Å²) in [5.74, 6) is 0.628. The number of amides is 1. The highest BCUT2D eigenvalue weighted by molar-refractivity contribution is 5.68. The Balaban J connectivity index is 1.37. The predicted molar refractivity (Wildman–Crippen MR) is 127 cm³/mol. The van der Waals surface area contributed by atoms with E-state index in [1.165, 1.54) is 0 Å². The van der Waals surface area contributed by atoms with Crippen molar-refractivity contribution >= 4 is 6.09 Å². The number of hydrogen-bond donors (Lipinski definition) is 0. The number of carbonyl (C=O) groups is 1. The van der Waals surface area contributed by atoms with E-state index in [1.54, 1.807) is 23.4 Å². The Hall–Kier alpha value is -3.86. The van der Waals surface area contributed by atoms with Crippen LogP contribution in [-0.4, -0.2) is 44.4 Å². The van der Waals surface area contributed by atoms with E-state index in [0.29, 0.717) is 31.0 Å². The van der Waals surface area contributed by atoms with Crippen molar-refractivity contribution in [2.75, 3.05) is 13.1 Å². The summed E-state index contributed by atoms with van der Waals surface area (Å²) in [6.45, 7) is 7.22. The molecule has 34 heavy (non-hydrogen) atoms. The summed E-state index contributed by atoms with van der Waals surface area (Å²) >= 11 is 0. The van der Waals surface area contributed by atoms with E-state index >= 15 is 0 Å². The molecule has 0 saturated carbocycles. The van der Waals surface area contributed by atoms with Crippen LogP contribution in [0.4, 0.5) is 4.79 Å². The molecule has 3 aromatic rings. The molecule has 0 radical (unpaired) electrons. The van der Waals surface area contributed by atoms with Gasteiger partial charge in [0.05, 0.1) is 30.1 Å². The van der Waals surface area contributed by atoms with Crippen LogP contribution in [0.2, 0.25) is 0 Å². The van der Waals surface area contributed by atoms with E-state index in [2.05, 4.69) is 16.2 Å². The Kier molecular flexibility index (Phi) is 6.82. The summed E-state index contributed by atoms with van der Waals surface area (Å²) in [5.41, 5.74) is 2.80. The monoisotopic (exact) mass is 459 g/mol. The molecule has 1 saturated heterocycles. The van der Waals surface area contributed by atoms with E-state index in [4.69, 9.17) is 9.47 Å². The van der Waals surface area contributed by atoms with Crippen LogP contribution >= 0.6 is 0 Å². The van der Waals surface area contributed by atoms with Crippen LogP contribution in [-0.2, 0) is 11.3 Å². The molecule has 4 rings (SSSR count). The molecular weight excluding hydrogens is 430 g/mol. The highest BCUT2D eigenvalue weighted by atomic mass is 16.6. The molecule has 1 amide bonds. The topological polar surface area (TPSA) is 93.3 Å². The number of likely N-dealkylation sites (tertiary alicyclic amines) is 1. The molecule has 8 nitrogen and oxygen atoms in total. The summed E-state index contributed by atoms with van der Waals surface area (Å²) in [5, 5.41) is 13.8. The molecule has 0 unspecified atom stereocenters. The van der Waals surface area contributed by atoms with Gasteiger partial charge in [-0.1, -0.05) is 18.2 Å². The zero-order chi connectivity index (χ0) is 24.1. The predicted octanol–water partition coefficient (Wildman–Crippen LogP) is 4.97. The molecule has 176 valence electrons. The SMILES string of the molecule is CC(C)(C)OC(=O)N1CCC(n2cc(-c3cncc(OCc4ccccc4C#N)c3)cn2)CC1. The molecule has 3 heterocycles. The van der Waals surface area contributed by atoms with Crippen molar-refractivity contribution in [3.63, 3.8) is 0 Å². The maximum absolute atomic E-state index is 12.3. The van der Waals surface area contributed by atoms with Gasteiger partial charge < -0.3 is 14.4 Å². The van der Waals surface area contributed by atoms with E-state index in [1.807, 2.05) is 62.1 Å². The molecule has 1 aliphatic rings. The van der Waals surface area contributed by atoms with Crippen LogP contribution < -0.4 is 4.74 Å². The van der Waals surface area contributed by atoms with Gasteiger partial charge in [0.2, 0.25) is 0 Å². The second-order valence-corrected chi connectivity index (χ2v) is 9.37. The fraction of sp³-hybridized carbons (Fsp3) is 0.385. The minimum Gasteiger partial charge on any atom is -0.487 e. The number of rotatable bonds is 5. The highest BCUT2D eigenvalue weighted by Gasteiger charge is 2.28. The van der Waals surface area contributed by atoms with Gasteiger partial charge in [0.15, 0.2) is 0 Å². The van der Waals surface area contributed by atoms with Gasteiger partial charge in [0.25, 0.3) is 0 Å². The summed E-state index contributed by atoms with van der Waals surface area (Å²) < 4.78 is 13.4. The normalized spacial score (nSPS) is 14.5. The molecule has 1 fully saturated rings. The standard InChI is InChI=1S/C26H29N5O3/c1-26(2,3)34-25(32)30-10-8-23(9-11-30)31-17-22(15-29-31)21-12-24(16-28-14-21)33-18-20-7-5-4-6-19(20)13-27/h4-7,12,14-17,23H,8-11,18H2,1-3H3. The molecular formula is C26H29N5O3. The average molecular weight is 460 g/mol. The van der Waals surface area contributed by atoms with Crippen molar-refractivity contribution in [1.82, 2.24) is 19.7 Å². The van der Waals surface area contributed by atoms with Gasteiger partial charge in [0, 0.05) is 42.2 Å². The lowest BCUT2D eigenvalue weighted by Gasteiger charge is -2.33. The number of aromatic nitrogens is 3. The lowest BCUT2D eigenvalue weighted by atomic mass is 10.1. The Morgan fingerprint density at radius 2 is 1.91 bits per heavy atom. The number of carbonyl (C=O) groups excluding carboxylic acids is 1. The quantitative estimate of drug-likeness (QED) is 0.535. The van der Waals surface area contributed by atoms with E-state index in [-0.39, 0.29) is 12.1 Å². The third kappa shape index (κ3) is 5.73. The minimum absolute atomic E-state index is 0.224. The first-order valence-electron chi connectivity index (χ1n) is 11.4. The zero-order valence-corrected chi connectivity index (χ0v) is 19.8. The summed E-state index contributed by atoms with van der Waals surface area (Å²) in [7, 11) is 0. The van der Waals surface area contributed by atoms with Gasteiger partial charge in [-0.25, -0.2) is 4.79 Å². The number of hydrogen-bond acceptors (Lipinski definition) is 6. The molecule has 1 aromatic carbocycles. The number of pyridine rings is 1. The average Bonchev–Trinajstić information content (AvgIpc) is 3.32. The second-order valence-electron chi connectivity index (χ2n) is 9.37. The Labute approximate surface area is 199 Å². The summed E-state index contributed by atoms with van der Waals surface area (Å²) in [6, 6.07) is 11.7. The lowest BCUT2D eigenvalue weighted by Crippen LogP contribution is -2.42. The van der Waals surface area contributed by atoms with E-state index in [0.717, 1.165) is 29.5 Å². The van der Waals surface area contributed by atoms with Crippen molar-refractivity contribution in [2.24, 2.45) is 0 Å². The number of benzene rings is 1.